The Balaban J connectivity index is 0. The second kappa shape index (κ2) is 5.14. The van der Waals surface area contributed by atoms with Crippen molar-refractivity contribution in [3.63, 3.8) is 0 Å². The SMILES string of the molecule is COCCO[SiH3].[H+]. The summed E-state index contributed by atoms with van der Waals surface area (Å²) in [4.78, 5) is 0. The minimum absolute atomic E-state index is 0. The average molecular weight is 107 g/mol. The van der Waals surface area contributed by atoms with Crippen molar-refractivity contribution in [1.29, 1.82) is 0 Å². The molecule has 6 heavy (non-hydrogen) atoms. The highest BCUT2D eigenvalue weighted by atomic mass is 28.2. The molecule has 0 aliphatic rings. The van der Waals surface area contributed by atoms with Gasteiger partial charge in [-0.25, -0.2) is 0 Å². The first kappa shape index (κ1) is 6.14. The van der Waals surface area contributed by atoms with Crippen LogP contribution in [0.25, 0.3) is 0 Å². The third kappa shape index (κ3) is 4.14. The monoisotopic (exact) mass is 107 g/mol. The summed E-state index contributed by atoms with van der Waals surface area (Å²) in [5, 5.41) is 0. The van der Waals surface area contributed by atoms with Crippen LogP contribution < -0.4 is 0 Å². The van der Waals surface area contributed by atoms with E-state index in [0.29, 0.717) is 0 Å². The molecular formula is C3H11O2Si+. The summed E-state index contributed by atoms with van der Waals surface area (Å²) in [5.74, 6) is 0. The zero-order valence-corrected chi connectivity index (χ0v) is 6.23. The Labute approximate surface area is 42.5 Å². The maximum Gasteiger partial charge on any atom is 1.00 e. The lowest BCUT2D eigenvalue weighted by molar-refractivity contribution is 0.152. The van der Waals surface area contributed by atoms with Crippen LogP contribution in [-0.4, -0.2) is 30.8 Å². The standard InChI is InChI=1S/C3H10O2Si/c1-4-2-3-5-6/h2-3H2,1,6H3/p+1. The van der Waals surface area contributed by atoms with Gasteiger partial charge in [0.2, 0.25) is 0 Å². The highest BCUT2D eigenvalue weighted by molar-refractivity contribution is 5.97. The molecule has 0 aromatic carbocycles. The van der Waals surface area contributed by atoms with Crippen LogP contribution in [0, 0.1) is 0 Å². The highest BCUT2D eigenvalue weighted by Gasteiger charge is 1.73. The van der Waals surface area contributed by atoms with Gasteiger partial charge in [0.15, 0.2) is 0 Å². The largest absolute Gasteiger partial charge is 1.00 e. The Bertz CT molecular complexity index is 24.9. The highest BCUT2D eigenvalue weighted by Crippen LogP contribution is 1.64. The van der Waals surface area contributed by atoms with Crippen LogP contribution in [0.4, 0.5) is 0 Å². The minimum Gasteiger partial charge on any atom is -0.426 e. The molecule has 0 fully saturated rings. The summed E-state index contributed by atoms with van der Waals surface area (Å²) in [6, 6.07) is 0. The molecule has 0 aliphatic heterocycles. The van der Waals surface area contributed by atoms with Crippen LogP contribution in [-0.2, 0) is 9.16 Å². The Morgan fingerprint density at radius 1 is 1.67 bits per heavy atom. The Hall–Kier alpha value is 0.137. The molecule has 0 aromatic heterocycles. The van der Waals surface area contributed by atoms with Crippen molar-refractivity contribution in [2.24, 2.45) is 0 Å². The number of methoxy groups -OCH3 is 1. The molecule has 0 bridgehead atoms. The van der Waals surface area contributed by atoms with E-state index in [4.69, 9.17) is 4.43 Å². The van der Waals surface area contributed by atoms with Gasteiger partial charge in [-0.3, -0.25) is 0 Å². The molecule has 0 N–H and O–H groups in total. The summed E-state index contributed by atoms with van der Waals surface area (Å²) in [7, 11) is 2.49. The summed E-state index contributed by atoms with van der Waals surface area (Å²) in [6.07, 6.45) is 0. The first-order valence-corrected chi connectivity index (χ1v) is 2.71. The Morgan fingerprint density at radius 2 is 2.33 bits per heavy atom. The van der Waals surface area contributed by atoms with Crippen LogP contribution in [0.3, 0.4) is 0 Å². The zero-order chi connectivity index (χ0) is 4.83. The topological polar surface area (TPSA) is 18.5 Å². The maximum atomic E-state index is 4.80. The quantitative estimate of drug-likeness (QED) is 0.342. The zero-order valence-electron chi connectivity index (χ0n) is 5.23. The predicted octanol–water partition coefficient (Wildman–Crippen LogP) is -0.958. The summed E-state index contributed by atoms with van der Waals surface area (Å²) in [6.45, 7) is 1.48. The van der Waals surface area contributed by atoms with E-state index in [-0.39, 0.29) is 1.43 Å². The van der Waals surface area contributed by atoms with Crippen LogP contribution in [0.2, 0.25) is 0 Å². The molecule has 0 atom stereocenters. The fraction of sp³-hybridized carbons (Fsp3) is 1.00. The third-order valence-electron chi connectivity index (χ3n) is 0.492. The van der Waals surface area contributed by atoms with E-state index >= 15 is 0 Å². The molecule has 0 spiro atoms. The van der Waals surface area contributed by atoms with Crippen molar-refractivity contribution in [2.75, 3.05) is 20.3 Å². The molecule has 0 aromatic rings. The molecular weight excluding hydrogens is 96.1 g/mol. The lowest BCUT2D eigenvalue weighted by Gasteiger charge is -1.92. The number of hydrogen-bond donors (Lipinski definition) is 0. The van der Waals surface area contributed by atoms with Crippen molar-refractivity contribution in [1.82, 2.24) is 0 Å². The van der Waals surface area contributed by atoms with Crippen LogP contribution in [0.15, 0.2) is 0 Å². The second-order valence-corrected chi connectivity index (χ2v) is 1.56. The summed E-state index contributed by atoms with van der Waals surface area (Å²) in [5.41, 5.74) is 0. The Morgan fingerprint density at radius 3 is 2.50 bits per heavy atom. The first-order valence-electron chi connectivity index (χ1n) is 1.89. The molecule has 0 rings (SSSR count). The van der Waals surface area contributed by atoms with Gasteiger partial charge in [0, 0.05) is 7.11 Å². The van der Waals surface area contributed by atoms with E-state index in [1.54, 1.807) is 7.11 Å². The van der Waals surface area contributed by atoms with Crippen molar-refractivity contribution >= 4 is 10.5 Å². The molecule has 0 radical (unpaired) electrons. The van der Waals surface area contributed by atoms with E-state index in [2.05, 4.69) is 4.74 Å². The van der Waals surface area contributed by atoms with Crippen molar-refractivity contribution in [2.45, 2.75) is 0 Å². The van der Waals surface area contributed by atoms with Gasteiger partial charge in [0.1, 0.15) is 10.5 Å². The predicted molar refractivity (Wildman–Crippen MR) is 28.9 cm³/mol. The molecule has 0 unspecified atom stereocenters. The molecule has 0 aliphatic carbocycles. The summed E-state index contributed by atoms with van der Waals surface area (Å²) >= 11 is 0. The van der Waals surface area contributed by atoms with Gasteiger partial charge < -0.3 is 9.16 Å². The average Bonchev–Trinajstić information content (AvgIpc) is 1.61. The fourth-order valence-electron chi connectivity index (χ4n) is 0.167. The van der Waals surface area contributed by atoms with Crippen molar-refractivity contribution in [3.05, 3.63) is 0 Å². The maximum absolute atomic E-state index is 4.80. The van der Waals surface area contributed by atoms with Gasteiger partial charge in [-0.05, 0) is 0 Å². The lowest BCUT2D eigenvalue weighted by Crippen LogP contribution is -1.97. The van der Waals surface area contributed by atoms with Crippen molar-refractivity contribution in [3.8, 4) is 0 Å². The number of rotatable bonds is 3. The molecule has 0 amide bonds. The molecule has 38 valence electrons. The molecule has 3 heteroatoms. The van der Waals surface area contributed by atoms with Crippen molar-refractivity contribution < 1.29 is 10.6 Å². The van der Waals surface area contributed by atoms with Crippen LogP contribution in [0.5, 0.6) is 0 Å². The lowest BCUT2D eigenvalue weighted by atomic mass is 10.8. The smallest absolute Gasteiger partial charge is 0.426 e. The molecule has 2 nitrogen and oxygen atoms in total. The summed E-state index contributed by atoms with van der Waals surface area (Å²) < 4.78 is 9.48. The minimum atomic E-state index is 0. The van der Waals surface area contributed by atoms with Crippen LogP contribution >= 0.6 is 0 Å². The van der Waals surface area contributed by atoms with E-state index in [1.165, 1.54) is 0 Å². The van der Waals surface area contributed by atoms with Crippen LogP contribution in [0.1, 0.15) is 1.43 Å². The van der Waals surface area contributed by atoms with E-state index in [1.807, 2.05) is 0 Å². The molecule has 0 saturated carbocycles. The van der Waals surface area contributed by atoms with Gasteiger partial charge in [0.05, 0.1) is 13.2 Å². The van der Waals surface area contributed by atoms with E-state index in [9.17, 15) is 0 Å². The van der Waals surface area contributed by atoms with Gasteiger partial charge in [-0.2, -0.15) is 0 Å². The first-order chi connectivity index (χ1) is 2.91. The Kier molecular flexibility index (Phi) is 5.25. The second-order valence-electron chi connectivity index (χ2n) is 0.986. The molecule has 0 saturated heterocycles. The normalized spacial score (nSPS) is 9.50. The van der Waals surface area contributed by atoms with E-state index < -0.39 is 0 Å². The molecule has 0 heterocycles. The number of ether oxygens (including phenoxy) is 1. The van der Waals surface area contributed by atoms with Gasteiger partial charge in [-0.1, -0.05) is 0 Å². The van der Waals surface area contributed by atoms with E-state index in [0.717, 1.165) is 23.7 Å². The van der Waals surface area contributed by atoms with Gasteiger partial charge in [-0.15, -0.1) is 0 Å². The van der Waals surface area contributed by atoms with Gasteiger partial charge in [0.25, 0.3) is 0 Å². The fourth-order valence-corrected chi connectivity index (χ4v) is 0.333. The van der Waals surface area contributed by atoms with Gasteiger partial charge >= 0.3 is 1.43 Å². The number of hydrogen-bond acceptors (Lipinski definition) is 2. The third-order valence-corrected chi connectivity index (χ3v) is 0.900.